The van der Waals surface area contributed by atoms with Crippen LogP contribution in [0.2, 0.25) is 0 Å². The molecule has 1 amide bonds. The number of ether oxygens (including phenoxy) is 1. The molecule has 174 valence electrons. The number of nitrogens with zero attached hydrogens (tertiary/aromatic N) is 3. The van der Waals surface area contributed by atoms with Gasteiger partial charge in [-0.1, -0.05) is 24.3 Å². The quantitative estimate of drug-likeness (QED) is 0.446. The number of hydrogen-bond acceptors (Lipinski definition) is 5. The summed E-state index contributed by atoms with van der Waals surface area (Å²) in [6, 6.07) is 15.7. The predicted molar refractivity (Wildman–Crippen MR) is 124 cm³/mol. The Morgan fingerprint density at radius 2 is 2.09 bits per heavy atom. The summed E-state index contributed by atoms with van der Waals surface area (Å²) in [6.45, 7) is 1.20. The molecule has 1 atom stereocenters. The van der Waals surface area contributed by atoms with E-state index in [1.54, 1.807) is 31.5 Å². The van der Waals surface area contributed by atoms with E-state index >= 15 is 0 Å². The van der Waals surface area contributed by atoms with E-state index in [1.807, 2.05) is 29.2 Å². The Balaban J connectivity index is 1.26. The van der Waals surface area contributed by atoms with Crippen molar-refractivity contribution in [2.45, 2.75) is 25.2 Å². The minimum Gasteiger partial charge on any atom is -0.497 e. The Morgan fingerprint density at radius 3 is 2.91 bits per heavy atom. The Bertz CT molecular complexity index is 1280. The fraction of sp³-hybridized carbons (Fsp3) is 0.269. The van der Waals surface area contributed by atoms with Crippen LogP contribution in [0.25, 0.3) is 11.3 Å². The lowest BCUT2D eigenvalue weighted by Gasteiger charge is -2.30. The summed E-state index contributed by atoms with van der Waals surface area (Å²) in [5.74, 6) is 1.77. The highest BCUT2D eigenvalue weighted by atomic mass is 19.1. The lowest BCUT2D eigenvalue weighted by Crippen LogP contribution is -2.39. The second-order valence-corrected chi connectivity index (χ2v) is 8.46. The highest BCUT2D eigenvalue weighted by Gasteiger charge is 2.29. The molecule has 0 spiro atoms. The van der Waals surface area contributed by atoms with Gasteiger partial charge in [0.1, 0.15) is 23.0 Å². The molecule has 4 aromatic rings. The third kappa shape index (κ3) is 4.71. The number of aromatic nitrogens is 3. The number of likely N-dealkylation sites (tertiary alicyclic amines) is 1. The summed E-state index contributed by atoms with van der Waals surface area (Å²) in [4.78, 5) is 19.5. The van der Waals surface area contributed by atoms with Gasteiger partial charge in [-0.05, 0) is 48.7 Å². The number of halogens is 1. The molecule has 1 fully saturated rings. The van der Waals surface area contributed by atoms with E-state index in [0.717, 1.165) is 35.5 Å². The molecule has 0 radical (unpaired) electrons. The third-order valence-electron chi connectivity index (χ3n) is 6.09. The molecular weight excluding hydrogens is 435 g/mol. The number of carbonyl (C=O) groups excluding carboxylic acids is 1. The van der Waals surface area contributed by atoms with Crippen LogP contribution in [0.1, 0.15) is 46.5 Å². The maximum Gasteiger partial charge on any atom is 0.271 e. The number of oxazole rings is 1. The number of amides is 1. The Hall–Kier alpha value is -3.94. The second kappa shape index (κ2) is 9.51. The van der Waals surface area contributed by atoms with Crippen molar-refractivity contribution in [2.75, 3.05) is 20.2 Å². The van der Waals surface area contributed by atoms with E-state index in [1.165, 1.54) is 12.1 Å². The van der Waals surface area contributed by atoms with Gasteiger partial charge in [0.2, 0.25) is 0 Å². The van der Waals surface area contributed by atoms with Gasteiger partial charge in [-0.25, -0.2) is 9.37 Å². The average Bonchev–Trinajstić information content (AvgIpc) is 3.55. The van der Waals surface area contributed by atoms with Crippen molar-refractivity contribution in [3.8, 4) is 17.0 Å². The van der Waals surface area contributed by atoms with Gasteiger partial charge < -0.3 is 14.1 Å². The van der Waals surface area contributed by atoms with Gasteiger partial charge in [0.25, 0.3) is 5.91 Å². The largest absolute Gasteiger partial charge is 0.497 e. The van der Waals surface area contributed by atoms with Gasteiger partial charge in [-0.15, -0.1) is 0 Å². The first kappa shape index (κ1) is 21.9. The fourth-order valence-electron chi connectivity index (χ4n) is 4.29. The van der Waals surface area contributed by atoms with E-state index < -0.39 is 0 Å². The number of hydrogen-bond donors (Lipinski definition) is 1. The monoisotopic (exact) mass is 460 g/mol. The first-order valence-electron chi connectivity index (χ1n) is 11.3. The molecule has 2 aromatic carbocycles. The fourth-order valence-corrected chi connectivity index (χ4v) is 4.29. The maximum absolute atomic E-state index is 13.2. The third-order valence-corrected chi connectivity index (χ3v) is 6.09. The summed E-state index contributed by atoms with van der Waals surface area (Å²) < 4.78 is 24.4. The summed E-state index contributed by atoms with van der Waals surface area (Å²) >= 11 is 0. The first-order valence-corrected chi connectivity index (χ1v) is 11.3. The molecule has 1 N–H and O–H groups in total. The second-order valence-electron chi connectivity index (χ2n) is 8.46. The highest BCUT2D eigenvalue weighted by Crippen LogP contribution is 2.29. The molecule has 34 heavy (non-hydrogen) atoms. The van der Waals surface area contributed by atoms with E-state index in [4.69, 9.17) is 9.15 Å². The van der Waals surface area contributed by atoms with E-state index in [0.29, 0.717) is 36.8 Å². The number of H-pyrrole nitrogens is 1. The zero-order valence-electron chi connectivity index (χ0n) is 18.8. The minimum absolute atomic E-state index is 0.0282. The standard InChI is InChI=1S/C26H25FN4O3/c1-33-21-6-2-4-18(13-21)23-14-24(30-29-23)26(32)31-11-3-5-19(16-31)25-28-15-22(34-25)12-17-7-9-20(27)10-8-17/h2,4,6-10,13-15,19H,3,5,11-12,16H2,1H3,(H,29,30). The van der Waals surface area contributed by atoms with Crippen LogP contribution in [0.3, 0.4) is 0 Å². The van der Waals surface area contributed by atoms with Crippen molar-refractivity contribution in [3.05, 3.63) is 89.5 Å². The van der Waals surface area contributed by atoms with Gasteiger partial charge in [0, 0.05) is 25.1 Å². The zero-order valence-corrected chi connectivity index (χ0v) is 18.8. The number of piperidine rings is 1. The van der Waals surface area contributed by atoms with Crippen LogP contribution in [-0.2, 0) is 6.42 Å². The number of benzene rings is 2. The summed E-state index contributed by atoms with van der Waals surface area (Å²) in [5, 5.41) is 7.20. The van der Waals surface area contributed by atoms with Gasteiger partial charge in [-0.2, -0.15) is 5.10 Å². The zero-order chi connectivity index (χ0) is 23.5. The molecular formula is C26H25FN4O3. The van der Waals surface area contributed by atoms with E-state index in [9.17, 15) is 9.18 Å². The Labute approximate surface area is 196 Å². The number of carbonyl (C=O) groups is 1. The van der Waals surface area contributed by atoms with Gasteiger partial charge in [-0.3, -0.25) is 9.89 Å². The molecule has 1 aliphatic rings. The van der Waals surface area contributed by atoms with Crippen molar-refractivity contribution in [3.63, 3.8) is 0 Å². The molecule has 5 rings (SSSR count). The molecule has 8 heteroatoms. The number of nitrogens with one attached hydrogen (secondary N) is 1. The van der Waals surface area contributed by atoms with E-state index in [2.05, 4.69) is 15.2 Å². The number of aromatic amines is 1. The van der Waals surface area contributed by atoms with E-state index in [-0.39, 0.29) is 17.6 Å². The molecule has 1 unspecified atom stereocenters. The first-order chi connectivity index (χ1) is 16.6. The number of rotatable bonds is 6. The topological polar surface area (TPSA) is 84.2 Å². The molecule has 0 aliphatic carbocycles. The van der Waals surface area contributed by atoms with Crippen molar-refractivity contribution >= 4 is 5.91 Å². The molecule has 1 aliphatic heterocycles. The summed E-state index contributed by atoms with van der Waals surface area (Å²) in [5.41, 5.74) is 2.96. The maximum atomic E-state index is 13.2. The normalized spacial score (nSPS) is 15.9. The van der Waals surface area contributed by atoms with Gasteiger partial charge >= 0.3 is 0 Å². The van der Waals surface area contributed by atoms with Crippen LogP contribution in [-0.4, -0.2) is 46.2 Å². The molecule has 3 heterocycles. The molecule has 0 bridgehead atoms. The Morgan fingerprint density at radius 1 is 1.24 bits per heavy atom. The predicted octanol–water partition coefficient (Wildman–Crippen LogP) is 4.82. The molecule has 1 saturated heterocycles. The summed E-state index contributed by atoms with van der Waals surface area (Å²) in [7, 11) is 1.62. The molecule has 7 nitrogen and oxygen atoms in total. The van der Waals surface area contributed by atoms with Crippen molar-refractivity contribution in [2.24, 2.45) is 0 Å². The number of methoxy groups -OCH3 is 1. The van der Waals surface area contributed by atoms with Crippen LogP contribution in [0, 0.1) is 5.82 Å². The van der Waals surface area contributed by atoms with Crippen LogP contribution in [0.5, 0.6) is 5.75 Å². The lowest BCUT2D eigenvalue weighted by atomic mass is 9.97. The minimum atomic E-state index is -0.262. The van der Waals surface area contributed by atoms with Crippen LogP contribution < -0.4 is 4.74 Å². The highest BCUT2D eigenvalue weighted by molar-refractivity contribution is 5.93. The summed E-state index contributed by atoms with van der Waals surface area (Å²) in [6.07, 6.45) is 4.03. The average molecular weight is 461 g/mol. The molecule has 2 aromatic heterocycles. The smallest absolute Gasteiger partial charge is 0.271 e. The Kier molecular flexibility index (Phi) is 6.12. The van der Waals surface area contributed by atoms with Crippen LogP contribution >= 0.6 is 0 Å². The SMILES string of the molecule is COc1cccc(-c2cc(C(=O)N3CCCC(c4ncc(Cc5ccc(F)cc5)o4)C3)[nH]n2)c1. The van der Waals surface area contributed by atoms with Crippen molar-refractivity contribution in [1.29, 1.82) is 0 Å². The van der Waals surface area contributed by atoms with Gasteiger partial charge in [0.15, 0.2) is 5.89 Å². The van der Waals surface area contributed by atoms with Crippen molar-refractivity contribution in [1.82, 2.24) is 20.1 Å². The lowest BCUT2D eigenvalue weighted by molar-refractivity contribution is 0.0692. The molecule has 0 saturated carbocycles. The van der Waals surface area contributed by atoms with Crippen LogP contribution in [0.15, 0.2) is 65.2 Å². The van der Waals surface area contributed by atoms with Crippen LogP contribution in [0.4, 0.5) is 4.39 Å². The van der Waals surface area contributed by atoms with Crippen molar-refractivity contribution < 1.29 is 18.3 Å². The van der Waals surface area contributed by atoms with Gasteiger partial charge in [0.05, 0.1) is 24.9 Å².